The molecule has 2 unspecified atom stereocenters. The van der Waals surface area contributed by atoms with Crippen molar-refractivity contribution in [3.05, 3.63) is 34.4 Å². The Morgan fingerprint density at radius 2 is 1.93 bits per heavy atom. The second-order valence-corrected chi connectivity index (χ2v) is 10.1. The van der Waals surface area contributed by atoms with E-state index in [4.69, 9.17) is 4.74 Å². The van der Waals surface area contributed by atoms with Gasteiger partial charge in [-0.2, -0.15) is 0 Å². The third-order valence-electron chi connectivity index (χ3n) is 8.92. The summed E-state index contributed by atoms with van der Waals surface area (Å²) in [6.07, 6.45) is 10.1. The molecule has 1 spiro atoms. The van der Waals surface area contributed by atoms with Gasteiger partial charge in [-0.15, -0.1) is 0 Å². The summed E-state index contributed by atoms with van der Waals surface area (Å²) < 4.78 is 5.48. The second kappa shape index (κ2) is 6.02. The molecule has 1 saturated carbocycles. The van der Waals surface area contributed by atoms with Crippen molar-refractivity contribution in [1.29, 1.82) is 0 Å². The number of ketones is 2. The van der Waals surface area contributed by atoms with E-state index in [1.807, 2.05) is 6.92 Å². The Hall–Kier alpha value is -1.97. The Bertz CT molecular complexity index is 934. The summed E-state index contributed by atoms with van der Waals surface area (Å²) in [5.74, 6) is -0.0782. The Morgan fingerprint density at radius 3 is 2.69 bits per heavy atom. The van der Waals surface area contributed by atoms with E-state index in [0.717, 1.165) is 48.8 Å². The van der Waals surface area contributed by atoms with Crippen molar-refractivity contribution < 1.29 is 19.1 Å². The van der Waals surface area contributed by atoms with Crippen molar-refractivity contribution in [3.8, 4) is 0 Å². The number of hydrogen-bond donors (Lipinski definition) is 0. The highest BCUT2D eigenvalue weighted by atomic mass is 16.5. The first kappa shape index (κ1) is 19.0. The first-order valence-corrected chi connectivity index (χ1v) is 11.2. The zero-order chi connectivity index (χ0) is 20.6. The molecule has 0 aliphatic heterocycles. The molecule has 0 aromatic carbocycles. The van der Waals surface area contributed by atoms with Gasteiger partial charge >= 0.3 is 5.97 Å². The number of carbonyl (C=O) groups excluding carboxylic acids is 3. The fraction of sp³-hybridized carbons (Fsp3) is 0.640. The topological polar surface area (TPSA) is 60.4 Å². The van der Waals surface area contributed by atoms with E-state index in [2.05, 4.69) is 19.9 Å². The molecule has 29 heavy (non-hydrogen) atoms. The lowest BCUT2D eigenvalue weighted by Gasteiger charge is -2.52. The summed E-state index contributed by atoms with van der Waals surface area (Å²) in [7, 11) is 0. The summed E-state index contributed by atoms with van der Waals surface area (Å²) in [6, 6.07) is 0. The molecular formula is C25H30O4. The third-order valence-corrected chi connectivity index (χ3v) is 8.92. The van der Waals surface area contributed by atoms with Crippen molar-refractivity contribution in [2.75, 3.05) is 6.61 Å². The summed E-state index contributed by atoms with van der Waals surface area (Å²) in [4.78, 5) is 38.5. The first-order valence-electron chi connectivity index (χ1n) is 11.2. The van der Waals surface area contributed by atoms with Gasteiger partial charge in [0.05, 0.1) is 17.9 Å². The molecule has 5 aliphatic carbocycles. The maximum absolute atomic E-state index is 13.3. The van der Waals surface area contributed by atoms with Crippen LogP contribution in [0.1, 0.15) is 72.1 Å². The first-order chi connectivity index (χ1) is 13.8. The Kier molecular flexibility index (Phi) is 3.95. The van der Waals surface area contributed by atoms with Crippen LogP contribution in [0.5, 0.6) is 0 Å². The van der Waals surface area contributed by atoms with Crippen LogP contribution >= 0.6 is 0 Å². The fourth-order valence-electron chi connectivity index (χ4n) is 7.26. The lowest BCUT2D eigenvalue weighted by molar-refractivity contribution is -0.147. The van der Waals surface area contributed by atoms with E-state index >= 15 is 0 Å². The maximum atomic E-state index is 13.3. The minimum Gasteiger partial charge on any atom is -0.466 e. The van der Waals surface area contributed by atoms with Crippen LogP contribution in [-0.2, 0) is 19.1 Å². The smallest absolute Gasteiger partial charge is 0.313 e. The number of ether oxygens (including phenoxy) is 1. The minimum atomic E-state index is -0.418. The van der Waals surface area contributed by atoms with Crippen LogP contribution in [0.25, 0.3) is 0 Å². The fourth-order valence-corrected chi connectivity index (χ4v) is 7.26. The highest BCUT2D eigenvalue weighted by Crippen LogP contribution is 2.70. The number of Topliss-reactive ketones (excluding diaryl/α,β-unsaturated/α-hetero) is 1. The molecule has 0 aromatic heterocycles. The second-order valence-electron chi connectivity index (χ2n) is 10.1. The molecule has 4 atom stereocenters. The summed E-state index contributed by atoms with van der Waals surface area (Å²) in [6.45, 7) is 6.68. The predicted molar refractivity (Wildman–Crippen MR) is 109 cm³/mol. The van der Waals surface area contributed by atoms with Crippen LogP contribution in [0.15, 0.2) is 34.4 Å². The van der Waals surface area contributed by atoms with Gasteiger partial charge in [0.2, 0.25) is 0 Å². The molecule has 0 bridgehead atoms. The third kappa shape index (κ3) is 2.23. The SMILES string of the molecule is CCOC(=O)[C@@H]1CC2=CC(=O)CCC2(C)C2=C1C1=CCC3(C)CCC(=O)[C@@]13CC2. The number of fused-ring (bicyclic) bond motifs is 3. The van der Waals surface area contributed by atoms with Crippen LogP contribution in [0.4, 0.5) is 0 Å². The van der Waals surface area contributed by atoms with Crippen molar-refractivity contribution >= 4 is 17.5 Å². The normalized spacial score (nSPS) is 40.6. The number of rotatable bonds is 2. The molecule has 4 heteroatoms. The summed E-state index contributed by atoms with van der Waals surface area (Å²) >= 11 is 0. The predicted octanol–water partition coefficient (Wildman–Crippen LogP) is 4.64. The molecule has 154 valence electrons. The quantitative estimate of drug-likeness (QED) is 0.640. The standard InChI is InChI=1S/C25H30O4/c1-4-29-22(28)17-14-15-13-16(26)5-11-24(15,3)18-7-12-25-19(21(17)18)6-9-23(25,2)10-8-20(25)27/h6,13,17H,4-5,7-12,14H2,1-3H3/t17-,23?,24?,25-/m1/s1. The average molecular weight is 395 g/mol. The summed E-state index contributed by atoms with van der Waals surface area (Å²) in [5.41, 5.74) is 4.01. The van der Waals surface area contributed by atoms with E-state index in [-0.39, 0.29) is 22.6 Å². The van der Waals surface area contributed by atoms with E-state index in [0.29, 0.717) is 31.7 Å². The van der Waals surface area contributed by atoms with Crippen LogP contribution < -0.4 is 0 Å². The largest absolute Gasteiger partial charge is 0.466 e. The summed E-state index contributed by atoms with van der Waals surface area (Å²) in [5, 5.41) is 0. The lowest BCUT2D eigenvalue weighted by atomic mass is 9.50. The Morgan fingerprint density at radius 1 is 1.14 bits per heavy atom. The van der Waals surface area contributed by atoms with Gasteiger partial charge < -0.3 is 4.74 Å². The molecule has 4 nitrogen and oxygen atoms in total. The lowest BCUT2D eigenvalue weighted by Crippen LogP contribution is -2.46. The van der Waals surface area contributed by atoms with Gasteiger partial charge in [0, 0.05) is 18.3 Å². The van der Waals surface area contributed by atoms with Crippen LogP contribution in [0, 0.1) is 22.2 Å². The number of esters is 1. The Labute approximate surface area is 172 Å². The van der Waals surface area contributed by atoms with Gasteiger partial charge in [-0.25, -0.2) is 0 Å². The minimum absolute atomic E-state index is 0.0172. The van der Waals surface area contributed by atoms with Crippen LogP contribution in [0.2, 0.25) is 0 Å². The van der Waals surface area contributed by atoms with Crippen LogP contribution in [0.3, 0.4) is 0 Å². The van der Waals surface area contributed by atoms with E-state index in [9.17, 15) is 14.4 Å². The van der Waals surface area contributed by atoms with E-state index in [1.54, 1.807) is 6.08 Å². The molecule has 0 aromatic rings. The molecule has 5 rings (SSSR count). The number of allylic oxidation sites excluding steroid dienone is 5. The average Bonchev–Trinajstić information content (AvgIpc) is 3.12. The molecule has 0 N–H and O–H groups in total. The van der Waals surface area contributed by atoms with Gasteiger partial charge in [-0.1, -0.05) is 31.1 Å². The highest BCUT2D eigenvalue weighted by Gasteiger charge is 2.65. The molecule has 0 heterocycles. The van der Waals surface area contributed by atoms with Gasteiger partial charge in [-0.05, 0) is 68.1 Å². The van der Waals surface area contributed by atoms with Crippen molar-refractivity contribution in [3.63, 3.8) is 0 Å². The molecule has 5 aliphatic rings. The van der Waals surface area contributed by atoms with Gasteiger partial charge in [0.15, 0.2) is 5.78 Å². The molecule has 0 amide bonds. The monoisotopic (exact) mass is 394 g/mol. The van der Waals surface area contributed by atoms with E-state index < -0.39 is 11.3 Å². The van der Waals surface area contributed by atoms with Crippen molar-refractivity contribution in [2.45, 2.75) is 72.1 Å². The van der Waals surface area contributed by atoms with Crippen molar-refractivity contribution in [2.24, 2.45) is 22.2 Å². The number of hydrogen-bond acceptors (Lipinski definition) is 4. The zero-order valence-electron chi connectivity index (χ0n) is 17.7. The molecule has 0 radical (unpaired) electrons. The van der Waals surface area contributed by atoms with Gasteiger partial charge in [-0.3, -0.25) is 14.4 Å². The van der Waals surface area contributed by atoms with Crippen molar-refractivity contribution in [1.82, 2.24) is 0 Å². The highest BCUT2D eigenvalue weighted by molar-refractivity contribution is 5.96. The van der Waals surface area contributed by atoms with Gasteiger partial charge in [0.25, 0.3) is 0 Å². The maximum Gasteiger partial charge on any atom is 0.313 e. The number of carbonyl (C=O) groups is 3. The van der Waals surface area contributed by atoms with Gasteiger partial charge in [0.1, 0.15) is 5.78 Å². The molecular weight excluding hydrogens is 364 g/mol. The molecule has 0 saturated heterocycles. The Balaban J connectivity index is 1.72. The zero-order valence-corrected chi connectivity index (χ0v) is 17.7. The van der Waals surface area contributed by atoms with Crippen LogP contribution in [-0.4, -0.2) is 24.1 Å². The molecule has 1 fully saturated rings. The van der Waals surface area contributed by atoms with E-state index in [1.165, 1.54) is 5.57 Å².